The number of ketones is 1. The van der Waals surface area contributed by atoms with Crippen molar-refractivity contribution in [2.45, 2.75) is 46.1 Å². The van der Waals surface area contributed by atoms with E-state index >= 15 is 0 Å². The number of nitrogens with zero attached hydrogens (tertiary/aromatic N) is 4. The molecule has 2 aliphatic rings. The first kappa shape index (κ1) is 20.5. The summed E-state index contributed by atoms with van der Waals surface area (Å²) < 4.78 is 0. The van der Waals surface area contributed by atoms with Gasteiger partial charge < -0.3 is 9.80 Å². The number of piperidine rings is 1. The Labute approximate surface area is 178 Å². The van der Waals surface area contributed by atoms with Crippen LogP contribution in [0.15, 0.2) is 36.7 Å². The molecule has 6 heteroatoms. The number of carbonyl (C=O) groups is 2. The Morgan fingerprint density at radius 1 is 1.17 bits per heavy atom. The van der Waals surface area contributed by atoms with Gasteiger partial charge in [0, 0.05) is 63.0 Å². The molecule has 0 N–H and O–H groups in total. The Kier molecular flexibility index (Phi) is 6.11. The Hall–Kier alpha value is -2.76. The molecule has 158 valence electrons. The van der Waals surface area contributed by atoms with Crippen LogP contribution in [0.4, 0.5) is 5.82 Å². The van der Waals surface area contributed by atoms with Crippen molar-refractivity contribution < 1.29 is 9.59 Å². The lowest BCUT2D eigenvalue weighted by atomic mass is 9.89. The predicted octanol–water partition coefficient (Wildman–Crippen LogP) is 3.51. The first-order valence-electron chi connectivity index (χ1n) is 11.0. The molecule has 1 amide bonds. The molecule has 4 rings (SSSR count). The second-order valence-electron chi connectivity index (χ2n) is 8.84. The molecule has 2 aromatic rings. The van der Waals surface area contributed by atoms with Gasteiger partial charge >= 0.3 is 0 Å². The minimum Gasteiger partial charge on any atom is -0.352 e. The average molecular weight is 407 g/mol. The van der Waals surface area contributed by atoms with E-state index in [0.29, 0.717) is 31.0 Å². The van der Waals surface area contributed by atoms with Gasteiger partial charge in [0.2, 0.25) is 0 Å². The van der Waals surface area contributed by atoms with Crippen molar-refractivity contribution in [2.75, 3.05) is 24.5 Å². The van der Waals surface area contributed by atoms with E-state index < -0.39 is 0 Å². The van der Waals surface area contributed by atoms with Crippen LogP contribution in [0.1, 0.15) is 54.7 Å². The third-order valence-electron chi connectivity index (χ3n) is 6.06. The number of carbonyl (C=O) groups excluding carboxylic acids is 2. The van der Waals surface area contributed by atoms with Crippen LogP contribution in [0, 0.1) is 11.8 Å². The highest BCUT2D eigenvalue weighted by atomic mass is 16.2. The van der Waals surface area contributed by atoms with Crippen LogP contribution in [0.2, 0.25) is 0 Å². The van der Waals surface area contributed by atoms with Crippen molar-refractivity contribution in [1.82, 2.24) is 14.9 Å². The molecule has 1 unspecified atom stereocenters. The van der Waals surface area contributed by atoms with Gasteiger partial charge in [-0.05, 0) is 42.5 Å². The second kappa shape index (κ2) is 8.94. The number of rotatable bonds is 5. The molecule has 1 fully saturated rings. The summed E-state index contributed by atoms with van der Waals surface area (Å²) in [5, 5.41) is 0. The monoisotopic (exact) mass is 406 g/mol. The molecule has 0 spiro atoms. The maximum absolute atomic E-state index is 13.0. The number of likely N-dealkylation sites (tertiary alicyclic amines) is 1. The number of anilines is 1. The third kappa shape index (κ3) is 4.53. The summed E-state index contributed by atoms with van der Waals surface area (Å²) >= 11 is 0. The topological polar surface area (TPSA) is 66.4 Å². The number of aromatic nitrogens is 2. The summed E-state index contributed by atoms with van der Waals surface area (Å²) in [5.74, 6) is 1.47. The van der Waals surface area contributed by atoms with E-state index in [2.05, 4.69) is 34.8 Å². The summed E-state index contributed by atoms with van der Waals surface area (Å²) in [6.45, 7) is 7.03. The Balaban J connectivity index is 1.40. The molecule has 4 heterocycles. The number of pyridine rings is 2. The highest BCUT2D eigenvalue weighted by molar-refractivity contribution is 5.94. The van der Waals surface area contributed by atoms with Crippen LogP contribution >= 0.6 is 0 Å². The van der Waals surface area contributed by atoms with Gasteiger partial charge in [0.15, 0.2) is 0 Å². The van der Waals surface area contributed by atoms with Crippen molar-refractivity contribution >= 4 is 17.5 Å². The zero-order valence-electron chi connectivity index (χ0n) is 17.9. The van der Waals surface area contributed by atoms with Gasteiger partial charge in [-0.1, -0.05) is 19.9 Å². The van der Waals surface area contributed by atoms with E-state index in [9.17, 15) is 9.59 Å². The van der Waals surface area contributed by atoms with E-state index in [0.717, 1.165) is 43.9 Å². The second-order valence-corrected chi connectivity index (χ2v) is 8.84. The lowest BCUT2D eigenvalue weighted by Crippen LogP contribution is -2.42. The number of amides is 1. The zero-order chi connectivity index (χ0) is 21.1. The Morgan fingerprint density at radius 3 is 2.80 bits per heavy atom. The van der Waals surface area contributed by atoms with Crippen molar-refractivity contribution in [1.29, 1.82) is 0 Å². The lowest BCUT2D eigenvalue weighted by molar-refractivity contribution is -0.124. The van der Waals surface area contributed by atoms with Gasteiger partial charge in [0.1, 0.15) is 11.6 Å². The van der Waals surface area contributed by atoms with Crippen LogP contribution in [-0.4, -0.2) is 46.2 Å². The molecule has 0 saturated carbocycles. The minimum atomic E-state index is -0.0284. The fraction of sp³-hybridized carbons (Fsp3) is 0.500. The molecule has 2 aromatic heterocycles. The van der Waals surface area contributed by atoms with Crippen molar-refractivity contribution in [2.24, 2.45) is 11.8 Å². The largest absolute Gasteiger partial charge is 0.352 e. The summed E-state index contributed by atoms with van der Waals surface area (Å²) in [7, 11) is 0. The summed E-state index contributed by atoms with van der Waals surface area (Å²) in [4.78, 5) is 38.5. The van der Waals surface area contributed by atoms with Gasteiger partial charge in [-0.15, -0.1) is 0 Å². The Bertz CT molecular complexity index is 910. The predicted molar refractivity (Wildman–Crippen MR) is 116 cm³/mol. The first-order valence-corrected chi connectivity index (χ1v) is 11.0. The highest BCUT2D eigenvalue weighted by Crippen LogP contribution is 2.24. The average Bonchev–Trinajstić information content (AvgIpc) is 2.78. The summed E-state index contributed by atoms with van der Waals surface area (Å²) in [6, 6.07) is 7.87. The molecule has 0 radical (unpaired) electrons. The molecule has 6 nitrogen and oxygen atoms in total. The van der Waals surface area contributed by atoms with Crippen LogP contribution in [0.5, 0.6) is 0 Å². The molecule has 2 aliphatic heterocycles. The molecule has 1 saturated heterocycles. The molecule has 0 bridgehead atoms. The van der Waals surface area contributed by atoms with E-state index in [1.54, 1.807) is 6.20 Å². The van der Waals surface area contributed by atoms with Gasteiger partial charge in [0.05, 0.1) is 5.56 Å². The summed E-state index contributed by atoms with van der Waals surface area (Å²) in [5.41, 5.74) is 2.98. The van der Waals surface area contributed by atoms with Crippen molar-refractivity contribution in [3.8, 4) is 0 Å². The van der Waals surface area contributed by atoms with Crippen LogP contribution < -0.4 is 4.90 Å². The molecule has 30 heavy (non-hydrogen) atoms. The lowest BCUT2D eigenvalue weighted by Gasteiger charge is -2.32. The van der Waals surface area contributed by atoms with Crippen LogP contribution in [0.25, 0.3) is 0 Å². The molecule has 0 aromatic carbocycles. The highest BCUT2D eigenvalue weighted by Gasteiger charge is 2.29. The van der Waals surface area contributed by atoms with Gasteiger partial charge in [-0.3, -0.25) is 14.6 Å². The van der Waals surface area contributed by atoms with Gasteiger partial charge in [-0.25, -0.2) is 4.98 Å². The number of hydrogen-bond donors (Lipinski definition) is 0. The smallest absolute Gasteiger partial charge is 0.255 e. The zero-order valence-corrected chi connectivity index (χ0v) is 17.9. The Morgan fingerprint density at radius 2 is 2.03 bits per heavy atom. The van der Waals surface area contributed by atoms with E-state index in [1.165, 1.54) is 5.56 Å². The number of fused-ring (bicyclic) bond motifs is 1. The molecule has 0 aliphatic carbocycles. The normalized spacial score (nSPS) is 19.0. The van der Waals surface area contributed by atoms with E-state index in [-0.39, 0.29) is 17.6 Å². The van der Waals surface area contributed by atoms with E-state index in [1.807, 2.05) is 29.3 Å². The van der Waals surface area contributed by atoms with Gasteiger partial charge in [0.25, 0.3) is 5.91 Å². The third-order valence-corrected chi connectivity index (χ3v) is 6.06. The standard InChI is InChI=1S/C24H30N4O2/c1-17(2)13-22(29)20-6-4-11-28(16-20)24(30)18-7-8-23(26-14-18)27-12-9-21-19(15-27)5-3-10-25-21/h3,5,7-8,10,14,17,20H,4,6,9,11-13,15-16H2,1-2H3. The van der Waals surface area contributed by atoms with Crippen molar-refractivity contribution in [3.63, 3.8) is 0 Å². The summed E-state index contributed by atoms with van der Waals surface area (Å²) in [6.07, 6.45) is 6.78. The maximum atomic E-state index is 13.0. The van der Waals surface area contributed by atoms with Crippen LogP contribution in [0.3, 0.4) is 0 Å². The molecular weight excluding hydrogens is 376 g/mol. The van der Waals surface area contributed by atoms with Crippen molar-refractivity contribution in [3.05, 3.63) is 53.5 Å². The number of hydrogen-bond acceptors (Lipinski definition) is 5. The van der Waals surface area contributed by atoms with Crippen LogP contribution in [-0.2, 0) is 17.8 Å². The minimum absolute atomic E-state index is 0.0238. The van der Waals surface area contributed by atoms with Gasteiger partial charge in [-0.2, -0.15) is 0 Å². The fourth-order valence-electron chi connectivity index (χ4n) is 4.44. The number of Topliss-reactive ketones (excluding diaryl/α,β-unsaturated/α-hetero) is 1. The fourth-order valence-corrected chi connectivity index (χ4v) is 4.44. The quantitative estimate of drug-likeness (QED) is 0.760. The SMILES string of the molecule is CC(C)CC(=O)C1CCCN(C(=O)c2ccc(N3CCc4ncccc4C3)nc2)C1. The van der Waals surface area contributed by atoms with E-state index in [4.69, 9.17) is 0 Å². The maximum Gasteiger partial charge on any atom is 0.255 e. The molecular formula is C24H30N4O2. The first-order chi connectivity index (χ1) is 14.5. The molecule has 1 atom stereocenters.